The Morgan fingerprint density at radius 1 is 0.875 bits per heavy atom. The van der Waals surface area contributed by atoms with Crippen molar-refractivity contribution >= 4 is 27.5 Å². The van der Waals surface area contributed by atoms with Crippen LogP contribution in [0.5, 0.6) is 0 Å². The van der Waals surface area contributed by atoms with E-state index in [1.807, 2.05) is 84.9 Å². The predicted octanol–water partition coefficient (Wildman–Crippen LogP) is 5.53. The molecule has 0 aliphatic heterocycles. The van der Waals surface area contributed by atoms with Crippen LogP contribution in [-0.2, 0) is 26.2 Å². The average Bonchev–Trinajstić information content (AvgIpc) is 2.88. The van der Waals surface area contributed by atoms with Gasteiger partial charge in [0.1, 0.15) is 12.6 Å². The van der Waals surface area contributed by atoms with Crippen molar-refractivity contribution in [1.29, 1.82) is 0 Å². The van der Waals surface area contributed by atoms with E-state index in [1.54, 1.807) is 36.4 Å². The minimum absolute atomic E-state index is 0.0938. The third-order valence-corrected chi connectivity index (χ3v) is 8.53. The first-order valence-electron chi connectivity index (χ1n) is 13.5. The minimum Gasteiger partial charge on any atom is -0.350 e. The van der Waals surface area contributed by atoms with Gasteiger partial charge in [-0.2, -0.15) is 0 Å². The fraction of sp³-hybridized carbons (Fsp3) is 0.375. The maximum absolute atomic E-state index is 14.1. The molecule has 8 heteroatoms. The fourth-order valence-corrected chi connectivity index (χ4v) is 5.81. The fourth-order valence-electron chi connectivity index (χ4n) is 4.40. The lowest BCUT2D eigenvalue weighted by Gasteiger charge is -2.35. The summed E-state index contributed by atoms with van der Waals surface area (Å²) < 4.78 is 29.1. The lowest BCUT2D eigenvalue weighted by Crippen LogP contribution is -2.55. The number of amides is 2. The molecule has 0 fully saturated rings. The highest BCUT2D eigenvalue weighted by Crippen LogP contribution is 2.27. The van der Waals surface area contributed by atoms with E-state index in [-0.39, 0.29) is 17.3 Å². The van der Waals surface area contributed by atoms with Gasteiger partial charge in [0, 0.05) is 12.1 Å². The quantitative estimate of drug-likeness (QED) is 0.352. The molecule has 3 aromatic carbocycles. The maximum Gasteiger partial charge on any atom is 0.264 e. The molecular formula is C32H41N3O4S. The Labute approximate surface area is 239 Å². The summed E-state index contributed by atoms with van der Waals surface area (Å²) in [5.41, 5.74) is 3.59. The normalized spacial score (nSPS) is 12.5. The van der Waals surface area contributed by atoms with Gasteiger partial charge in [0.15, 0.2) is 0 Å². The zero-order valence-corrected chi connectivity index (χ0v) is 25.4. The highest BCUT2D eigenvalue weighted by Gasteiger charge is 2.34. The van der Waals surface area contributed by atoms with Gasteiger partial charge in [-0.3, -0.25) is 13.9 Å². The van der Waals surface area contributed by atoms with Crippen LogP contribution in [0.1, 0.15) is 56.4 Å². The molecule has 0 saturated heterocycles. The zero-order chi connectivity index (χ0) is 29.7. The number of anilines is 1. The Bertz CT molecular complexity index is 1430. The second-order valence-corrected chi connectivity index (χ2v) is 13.1. The Balaban J connectivity index is 2.08. The largest absolute Gasteiger partial charge is 0.350 e. The lowest BCUT2D eigenvalue weighted by atomic mass is 10.1. The predicted molar refractivity (Wildman–Crippen MR) is 161 cm³/mol. The maximum atomic E-state index is 14.1. The van der Waals surface area contributed by atoms with Crippen LogP contribution < -0.4 is 9.62 Å². The summed E-state index contributed by atoms with van der Waals surface area (Å²) >= 11 is 0. The first-order valence-corrected chi connectivity index (χ1v) is 15.0. The van der Waals surface area contributed by atoms with Crippen molar-refractivity contribution in [3.8, 4) is 0 Å². The standard InChI is InChI=1S/C32H41N3O4S/c1-8-29(31(37)33-32(5,6)7)34(21-26-12-10-9-11-13-26)30(36)22-35(27-17-16-24(3)25(4)20-27)40(38,39)28-18-14-23(2)15-19-28/h9-20,29H,8,21-22H2,1-7H3,(H,33,37). The summed E-state index contributed by atoms with van der Waals surface area (Å²) in [7, 11) is -4.10. The van der Waals surface area contributed by atoms with Crippen LogP contribution in [0.3, 0.4) is 0 Å². The topological polar surface area (TPSA) is 86.8 Å². The second kappa shape index (κ2) is 12.7. The molecule has 0 aliphatic rings. The molecular weight excluding hydrogens is 522 g/mol. The van der Waals surface area contributed by atoms with Gasteiger partial charge in [0.2, 0.25) is 11.8 Å². The molecule has 0 saturated carbocycles. The van der Waals surface area contributed by atoms with Gasteiger partial charge in [0.25, 0.3) is 10.0 Å². The molecule has 0 spiro atoms. The molecule has 2 amide bonds. The van der Waals surface area contributed by atoms with Crippen LogP contribution in [0.15, 0.2) is 77.7 Å². The Morgan fingerprint density at radius 2 is 1.50 bits per heavy atom. The molecule has 7 nitrogen and oxygen atoms in total. The van der Waals surface area contributed by atoms with Crippen molar-refractivity contribution in [3.05, 3.63) is 95.1 Å². The lowest BCUT2D eigenvalue weighted by molar-refractivity contribution is -0.141. The van der Waals surface area contributed by atoms with Gasteiger partial charge >= 0.3 is 0 Å². The molecule has 0 heterocycles. The van der Waals surface area contributed by atoms with E-state index in [9.17, 15) is 18.0 Å². The number of carbonyl (C=O) groups excluding carboxylic acids is 2. The summed E-state index contributed by atoms with van der Waals surface area (Å²) in [6.45, 7) is 13.0. The van der Waals surface area contributed by atoms with Gasteiger partial charge in [-0.15, -0.1) is 0 Å². The number of carbonyl (C=O) groups is 2. The summed E-state index contributed by atoms with van der Waals surface area (Å²) in [6, 6.07) is 20.5. The van der Waals surface area contributed by atoms with Crippen molar-refractivity contribution in [2.24, 2.45) is 0 Å². The van der Waals surface area contributed by atoms with Crippen LogP contribution in [0.25, 0.3) is 0 Å². The number of sulfonamides is 1. The molecule has 1 unspecified atom stereocenters. The average molecular weight is 564 g/mol. The second-order valence-electron chi connectivity index (χ2n) is 11.3. The van der Waals surface area contributed by atoms with Gasteiger partial charge in [0.05, 0.1) is 10.6 Å². The summed E-state index contributed by atoms with van der Waals surface area (Å²) in [4.78, 5) is 29.1. The van der Waals surface area contributed by atoms with Crippen molar-refractivity contribution in [2.45, 2.75) is 77.9 Å². The van der Waals surface area contributed by atoms with Gasteiger partial charge in [-0.1, -0.05) is 61.0 Å². The number of nitrogens with zero attached hydrogens (tertiary/aromatic N) is 2. The third-order valence-electron chi connectivity index (χ3n) is 6.75. The van der Waals surface area contributed by atoms with E-state index in [0.29, 0.717) is 12.1 Å². The molecule has 0 aromatic heterocycles. The van der Waals surface area contributed by atoms with Crippen LogP contribution in [0, 0.1) is 20.8 Å². The van der Waals surface area contributed by atoms with Crippen molar-refractivity contribution in [1.82, 2.24) is 10.2 Å². The molecule has 0 bridgehead atoms. The summed E-state index contributed by atoms with van der Waals surface area (Å²) in [5.74, 6) is -0.743. The molecule has 3 aromatic rings. The highest BCUT2D eigenvalue weighted by atomic mass is 32.2. The first-order chi connectivity index (χ1) is 18.7. The highest BCUT2D eigenvalue weighted by molar-refractivity contribution is 7.92. The number of hydrogen-bond acceptors (Lipinski definition) is 4. The van der Waals surface area contributed by atoms with E-state index in [1.165, 1.54) is 4.90 Å². The molecule has 1 atom stereocenters. The number of rotatable bonds is 10. The number of benzene rings is 3. The van der Waals surface area contributed by atoms with Crippen LogP contribution >= 0.6 is 0 Å². The zero-order valence-electron chi connectivity index (χ0n) is 24.6. The molecule has 0 radical (unpaired) electrons. The van der Waals surface area contributed by atoms with Gasteiger partial charge in [-0.25, -0.2) is 8.42 Å². The van der Waals surface area contributed by atoms with E-state index < -0.39 is 34.1 Å². The molecule has 214 valence electrons. The van der Waals surface area contributed by atoms with Crippen LogP contribution in [0.2, 0.25) is 0 Å². The van der Waals surface area contributed by atoms with Crippen molar-refractivity contribution < 1.29 is 18.0 Å². The Morgan fingerprint density at radius 3 is 2.05 bits per heavy atom. The molecule has 3 rings (SSSR count). The van der Waals surface area contributed by atoms with Gasteiger partial charge < -0.3 is 10.2 Å². The monoisotopic (exact) mass is 563 g/mol. The Kier molecular flexibility index (Phi) is 9.79. The summed E-state index contributed by atoms with van der Waals surface area (Å²) in [6.07, 6.45) is 0.370. The SMILES string of the molecule is CCC(C(=O)NC(C)(C)C)N(Cc1ccccc1)C(=O)CN(c1ccc(C)c(C)c1)S(=O)(=O)c1ccc(C)cc1. The molecule has 0 aliphatic carbocycles. The third kappa shape index (κ3) is 7.72. The molecule has 40 heavy (non-hydrogen) atoms. The van der Waals surface area contributed by atoms with Gasteiger partial charge in [-0.05, 0) is 88.9 Å². The van der Waals surface area contributed by atoms with Crippen molar-refractivity contribution in [2.75, 3.05) is 10.8 Å². The van der Waals surface area contributed by atoms with Crippen LogP contribution in [0.4, 0.5) is 5.69 Å². The van der Waals surface area contributed by atoms with E-state index in [2.05, 4.69) is 5.32 Å². The van der Waals surface area contributed by atoms with E-state index >= 15 is 0 Å². The first kappa shape index (κ1) is 30.9. The Hall–Kier alpha value is -3.65. The van der Waals surface area contributed by atoms with E-state index in [4.69, 9.17) is 0 Å². The number of aryl methyl sites for hydroxylation is 3. The number of hydrogen-bond donors (Lipinski definition) is 1. The minimum atomic E-state index is -4.10. The van der Waals surface area contributed by atoms with Crippen molar-refractivity contribution in [3.63, 3.8) is 0 Å². The van der Waals surface area contributed by atoms with Crippen LogP contribution in [-0.4, -0.2) is 43.3 Å². The summed E-state index contributed by atoms with van der Waals surface area (Å²) in [5, 5.41) is 2.99. The number of nitrogens with one attached hydrogen (secondary N) is 1. The smallest absolute Gasteiger partial charge is 0.264 e. The molecule has 1 N–H and O–H groups in total. The van der Waals surface area contributed by atoms with E-state index in [0.717, 1.165) is 26.6 Å².